The third-order valence-electron chi connectivity index (χ3n) is 6.97. The molecule has 6 rings (SSSR count). The summed E-state index contributed by atoms with van der Waals surface area (Å²) in [6.45, 7) is 0. The second kappa shape index (κ2) is 7.10. The SMILES string of the molecule is O=C(NC1C2CC3CC1CC(O)(C3)C2)c1cccc(NS(=O)(=O)c2ccccc2)c1. The third-order valence-corrected chi connectivity index (χ3v) is 8.37. The van der Waals surface area contributed by atoms with E-state index in [1.54, 1.807) is 42.5 Å². The van der Waals surface area contributed by atoms with Crippen LogP contribution < -0.4 is 10.0 Å². The Morgan fingerprint density at radius 1 is 0.967 bits per heavy atom. The van der Waals surface area contributed by atoms with Gasteiger partial charge in [0.2, 0.25) is 0 Å². The van der Waals surface area contributed by atoms with Crippen LogP contribution in [0.3, 0.4) is 0 Å². The minimum Gasteiger partial charge on any atom is -0.390 e. The standard InChI is InChI=1S/C23H26N2O4S/c26-22(24-21-17-9-15-10-18(21)14-23(27,12-15)13-17)16-5-4-6-19(11-16)25-30(28,29)20-7-2-1-3-8-20/h1-8,11,15,17-18,21,25,27H,9-10,12-14H2,(H,24,26). The van der Waals surface area contributed by atoms with Crippen LogP contribution >= 0.6 is 0 Å². The summed E-state index contributed by atoms with van der Waals surface area (Å²) < 4.78 is 27.7. The van der Waals surface area contributed by atoms with Gasteiger partial charge in [-0.25, -0.2) is 8.42 Å². The van der Waals surface area contributed by atoms with Gasteiger partial charge in [0, 0.05) is 17.3 Å². The molecule has 0 radical (unpaired) electrons. The van der Waals surface area contributed by atoms with Crippen molar-refractivity contribution in [3.05, 3.63) is 60.2 Å². The molecule has 158 valence electrons. The van der Waals surface area contributed by atoms with E-state index in [9.17, 15) is 18.3 Å². The molecule has 6 nitrogen and oxygen atoms in total. The molecule has 4 bridgehead atoms. The number of benzene rings is 2. The van der Waals surface area contributed by atoms with Crippen molar-refractivity contribution in [3.63, 3.8) is 0 Å². The fourth-order valence-corrected chi connectivity index (χ4v) is 7.06. The predicted molar refractivity (Wildman–Crippen MR) is 113 cm³/mol. The van der Waals surface area contributed by atoms with E-state index in [0.29, 0.717) is 29.0 Å². The summed E-state index contributed by atoms with van der Waals surface area (Å²) in [4.78, 5) is 13.1. The van der Waals surface area contributed by atoms with Crippen molar-refractivity contribution in [1.29, 1.82) is 0 Å². The normalized spacial score (nSPS) is 32.0. The van der Waals surface area contributed by atoms with Gasteiger partial charge in [0.1, 0.15) is 0 Å². The highest BCUT2D eigenvalue weighted by atomic mass is 32.2. The maximum Gasteiger partial charge on any atom is 0.261 e. The number of hydrogen-bond acceptors (Lipinski definition) is 4. The maximum absolute atomic E-state index is 13.0. The minimum atomic E-state index is -3.71. The average Bonchev–Trinajstić information content (AvgIpc) is 2.70. The Morgan fingerprint density at radius 3 is 2.33 bits per heavy atom. The van der Waals surface area contributed by atoms with E-state index in [0.717, 1.165) is 32.1 Å². The fourth-order valence-electron chi connectivity index (χ4n) is 5.99. The Balaban J connectivity index is 1.31. The first-order valence-corrected chi connectivity index (χ1v) is 12.0. The van der Waals surface area contributed by atoms with E-state index in [1.807, 2.05) is 0 Å². The molecule has 0 heterocycles. The van der Waals surface area contributed by atoms with Crippen LogP contribution in [0.1, 0.15) is 42.5 Å². The van der Waals surface area contributed by atoms with Crippen molar-refractivity contribution < 1.29 is 18.3 Å². The van der Waals surface area contributed by atoms with Crippen molar-refractivity contribution in [1.82, 2.24) is 5.32 Å². The van der Waals surface area contributed by atoms with Gasteiger partial charge in [-0.3, -0.25) is 9.52 Å². The molecular formula is C23H26N2O4S. The zero-order chi connectivity index (χ0) is 20.9. The lowest BCUT2D eigenvalue weighted by Gasteiger charge is -2.58. The summed E-state index contributed by atoms with van der Waals surface area (Å²) in [6, 6.07) is 14.8. The Morgan fingerprint density at radius 2 is 1.67 bits per heavy atom. The fraction of sp³-hybridized carbons (Fsp3) is 0.435. The second-order valence-electron chi connectivity index (χ2n) is 9.19. The average molecular weight is 427 g/mol. The number of carbonyl (C=O) groups excluding carboxylic acids is 1. The topological polar surface area (TPSA) is 95.5 Å². The van der Waals surface area contributed by atoms with E-state index in [2.05, 4.69) is 10.0 Å². The summed E-state index contributed by atoms with van der Waals surface area (Å²) >= 11 is 0. The van der Waals surface area contributed by atoms with Gasteiger partial charge < -0.3 is 10.4 Å². The molecule has 0 saturated heterocycles. The highest BCUT2D eigenvalue weighted by molar-refractivity contribution is 7.92. The summed E-state index contributed by atoms with van der Waals surface area (Å²) in [6.07, 6.45) is 4.58. The number of anilines is 1. The van der Waals surface area contributed by atoms with Crippen molar-refractivity contribution >= 4 is 21.6 Å². The Hall–Kier alpha value is -2.38. The van der Waals surface area contributed by atoms with Gasteiger partial charge in [-0.05, 0) is 80.2 Å². The molecule has 4 saturated carbocycles. The molecule has 2 atom stereocenters. The Bertz CT molecular complexity index is 1050. The Labute approximate surface area is 176 Å². The van der Waals surface area contributed by atoms with Gasteiger partial charge in [-0.1, -0.05) is 24.3 Å². The second-order valence-corrected chi connectivity index (χ2v) is 10.9. The van der Waals surface area contributed by atoms with Crippen molar-refractivity contribution in [2.45, 2.75) is 48.6 Å². The summed E-state index contributed by atoms with van der Waals surface area (Å²) in [5.74, 6) is 1.03. The van der Waals surface area contributed by atoms with Gasteiger partial charge in [0.25, 0.3) is 15.9 Å². The summed E-state index contributed by atoms with van der Waals surface area (Å²) in [5, 5.41) is 13.9. The number of aliphatic hydroxyl groups is 1. The van der Waals surface area contributed by atoms with Crippen molar-refractivity contribution in [3.8, 4) is 0 Å². The summed E-state index contributed by atoms with van der Waals surface area (Å²) in [5.41, 5.74) is 0.245. The maximum atomic E-state index is 13.0. The van der Waals surface area contributed by atoms with E-state index in [4.69, 9.17) is 0 Å². The van der Waals surface area contributed by atoms with Crippen LogP contribution in [0.2, 0.25) is 0 Å². The van der Waals surface area contributed by atoms with Crippen molar-refractivity contribution in [2.75, 3.05) is 4.72 Å². The number of amides is 1. The lowest BCUT2D eigenvalue weighted by molar-refractivity contribution is -0.136. The molecule has 0 aliphatic heterocycles. The highest BCUT2D eigenvalue weighted by Crippen LogP contribution is 2.55. The molecule has 4 aliphatic rings. The zero-order valence-electron chi connectivity index (χ0n) is 16.6. The smallest absolute Gasteiger partial charge is 0.261 e. The number of rotatable bonds is 5. The molecule has 1 amide bonds. The number of nitrogens with one attached hydrogen (secondary N) is 2. The molecule has 0 aromatic heterocycles. The molecule has 0 spiro atoms. The molecule has 2 aromatic carbocycles. The quantitative estimate of drug-likeness (QED) is 0.684. The number of hydrogen-bond donors (Lipinski definition) is 3. The first kappa shape index (κ1) is 19.6. The molecule has 4 fully saturated rings. The van der Waals surface area contributed by atoms with E-state index in [-0.39, 0.29) is 16.8 Å². The van der Waals surface area contributed by atoms with Crippen LogP contribution in [0.15, 0.2) is 59.5 Å². The van der Waals surface area contributed by atoms with E-state index < -0.39 is 15.6 Å². The van der Waals surface area contributed by atoms with Gasteiger partial charge in [-0.15, -0.1) is 0 Å². The molecule has 30 heavy (non-hydrogen) atoms. The number of sulfonamides is 1. The zero-order valence-corrected chi connectivity index (χ0v) is 17.4. The predicted octanol–water partition coefficient (Wildman–Crippen LogP) is 3.16. The van der Waals surface area contributed by atoms with Crippen molar-refractivity contribution in [2.24, 2.45) is 17.8 Å². The van der Waals surface area contributed by atoms with E-state index in [1.165, 1.54) is 12.1 Å². The first-order valence-electron chi connectivity index (χ1n) is 10.5. The highest BCUT2D eigenvalue weighted by Gasteiger charge is 2.55. The molecule has 3 N–H and O–H groups in total. The lowest BCUT2D eigenvalue weighted by atomic mass is 9.52. The first-order chi connectivity index (χ1) is 14.3. The van der Waals surface area contributed by atoms with Crippen LogP contribution in [0.25, 0.3) is 0 Å². The van der Waals surface area contributed by atoms with Gasteiger partial charge in [0.15, 0.2) is 0 Å². The number of carbonyl (C=O) groups is 1. The monoisotopic (exact) mass is 426 g/mol. The molecule has 2 unspecified atom stereocenters. The van der Waals surface area contributed by atoms with Crippen LogP contribution in [-0.2, 0) is 10.0 Å². The van der Waals surface area contributed by atoms with Crippen LogP contribution in [0, 0.1) is 17.8 Å². The van der Waals surface area contributed by atoms with E-state index >= 15 is 0 Å². The Kier molecular flexibility index (Phi) is 4.63. The van der Waals surface area contributed by atoms with Crippen LogP contribution in [-0.4, -0.2) is 31.1 Å². The molecule has 4 aliphatic carbocycles. The van der Waals surface area contributed by atoms with Crippen LogP contribution in [0.4, 0.5) is 5.69 Å². The van der Waals surface area contributed by atoms with Crippen LogP contribution in [0.5, 0.6) is 0 Å². The minimum absolute atomic E-state index is 0.0824. The molecular weight excluding hydrogens is 400 g/mol. The lowest BCUT2D eigenvalue weighted by Crippen LogP contribution is -2.61. The van der Waals surface area contributed by atoms with Gasteiger partial charge in [0.05, 0.1) is 10.5 Å². The summed E-state index contributed by atoms with van der Waals surface area (Å²) in [7, 11) is -3.71. The van der Waals surface area contributed by atoms with Gasteiger partial charge >= 0.3 is 0 Å². The largest absolute Gasteiger partial charge is 0.390 e. The molecule has 7 heteroatoms. The molecule has 2 aromatic rings. The third kappa shape index (κ3) is 3.61. The van der Waals surface area contributed by atoms with Gasteiger partial charge in [-0.2, -0.15) is 0 Å².